The molecule has 1 aliphatic rings. The Hall–Kier alpha value is -4.54. The quantitative estimate of drug-likeness (QED) is 0.0404. The first-order chi connectivity index (χ1) is 28.0. The number of halogens is 1. The summed E-state index contributed by atoms with van der Waals surface area (Å²) in [6, 6.07) is 41.3. The molecular formula is C48H50ClNO6S2. The van der Waals surface area contributed by atoms with Crippen LogP contribution in [0.4, 0.5) is 0 Å². The molecule has 0 saturated carbocycles. The lowest BCUT2D eigenvalue weighted by Crippen LogP contribution is -2.36. The van der Waals surface area contributed by atoms with Crippen LogP contribution in [0.5, 0.6) is 0 Å². The Morgan fingerprint density at radius 1 is 0.741 bits per heavy atom. The molecule has 0 heterocycles. The second-order valence-electron chi connectivity index (χ2n) is 15.3. The van der Waals surface area contributed by atoms with E-state index in [1.165, 1.54) is 0 Å². The summed E-state index contributed by atoms with van der Waals surface area (Å²) in [6.07, 6.45) is -0.0637. The van der Waals surface area contributed by atoms with Gasteiger partial charge in [-0.15, -0.1) is 0 Å². The van der Waals surface area contributed by atoms with Crippen LogP contribution in [0.3, 0.4) is 0 Å². The van der Waals surface area contributed by atoms with Crippen LogP contribution in [0.25, 0.3) is 11.1 Å². The van der Waals surface area contributed by atoms with E-state index in [1.54, 1.807) is 27.7 Å². The normalized spacial score (nSPS) is 13.8. The second-order valence-corrected chi connectivity index (χ2v) is 18.9. The Labute approximate surface area is 355 Å². The number of aryl methyl sites for hydroxylation is 1. The molecular weight excluding hydrogens is 786 g/mol. The molecule has 0 spiro atoms. The van der Waals surface area contributed by atoms with Crippen molar-refractivity contribution < 1.29 is 28.6 Å². The molecule has 0 radical (unpaired) electrons. The molecule has 0 saturated heterocycles. The molecule has 0 bridgehead atoms. The third kappa shape index (κ3) is 10.7. The van der Waals surface area contributed by atoms with Gasteiger partial charge in [-0.05, 0) is 35.2 Å². The van der Waals surface area contributed by atoms with Gasteiger partial charge in [0.1, 0.15) is 6.61 Å². The Morgan fingerprint density at radius 3 is 2.00 bits per heavy atom. The number of hydrogen-bond donors (Lipinski definition) is 1. The van der Waals surface area contributed by atoms with Crippen LogP contribution < -0.4 is 5.32 Å². The Bertz CT molecular complexity index is 2130. The third-order valence-electron chi connectivity index (χ3n) is 9.89. The van der Waals surface area contributed by atoms with Crippen molar-refractivity contribution >= 4 is 51.0 Å². The number of rotatable bonds is 18. The minimum atomic E-state index is -1.30. The average Bonchev–Trinajstić information content (AvgIpc) is 3.54. The van der Waals surface area contributed by atoms with Crippen molar-refractivity contribution in [1.29, 1.82) is 0 Å². The molecule has 0 fully saturated rings. The number of fused-ring (bicyclic) bond motifs is 3. The van der Waals surface area contributed by atoms with E-state index in [0.717, 1.165) is 38.9 Å². The van der Waals surface area contributed by atoms with Gasteiger partial charge in [-0.1, -0.05) is 181 Å². The van der Waals surface area contributed by atoms with Crippen molar-refractivity contribution in [3.8, 4) is 11.1 Å². The van der Waals surface area contributed by atoms with Crippen LogP contribution >= 0.6 is 33.2 Å². The second kappa shape index (κ2) is 19.9. The van der Waals surface area contributed by atoms with Gasteiger partial charge in [0, 0.05) is 44.7 Å². The summed E-state index contributed by atoms with van der Waals surface area (Å²) in [4.78, 5) is 40.4. The van der Waals surface area contributed by atoms with Gasteiger partial charge >= 0.3 is 11.9 Å². The van der Waals surface area contributed by atoms with E-state index in [2.05, 4.69) is 50.4 Å². The van der Waals surface area contributed by atoms with Crippen LogP contribution in [0.15, 0.2) is 127 Å². The summed E-state index contributed by atoms with van der Waals surface area (Å²) >= 11 is 6.81. The van der Waals surface area contributed by atoms with E-state index < -0.39 is 23.5 Å². The Morgan fingerprint density at radius 2 is 1.34 bits per heavy atom. The lowest BCUT2D eigenvalue weighted by atomic mass is 9.79. The maximum absolute atomic E-state index is 13.7. The van der Waals surface area contributed by atoms with Crippen molar-refractivity contribution in [3.05, 3.63) is 166 Å². The van der Waals surface area contributed by atoms with Crippen molar-refractivity contribution in [2.75, 3.05) is 32.1 Å². The summed E-state index contributed by atoms with van der Waals surface area (Å²) < 4.78 is 18.1. The molecule has 10 heteroatoms. The standard InChI is InChI=1S/C48H50ClNO6S2/c1-33-22-24-36(25-23-33)48(35-14-6-5-7-15-35,42-20-12-13-21-43(42)49)56-44(51)26-28-54-29-27-50-46(53)34(32-57-58-47(2,3)4)30-45(52)55-31-41-39-18-10-8-16-37(39)38-17-9-11-19-40(38)41/h5-25,34,41H,26-32H2,1-4H3,(H,50,53)/t34-,48?/m0/s1. The number of amides is 1. The molecule has 5 aromatic carbocycles. The molecule has 1 aliphatic carbocycles. The van der Waals surface area contributed by atoms with Crippen molar-refractivity contribution in [1.82, 2.24) is 5.32 Å². The van der Waals surface area contributed by atoms with E-state index in [4.69, 9.17) is 25.8 Å². The molecule has 1 amide bonds. The third-order valence-corrected chi connectivity index (χ3v) is 13.6. The fraction of sp³-hybridized carbons (Fsp3) is 0.312. The lowest BCUT2D eigenvalue weighted by Gasteiger charge is -2.36. The predicted molar refractivity (Wildman–Crippen MR) is 236 cm³/mol. The maximum atomic E-state index is 13.7. The summed E-state index contributed by atoms with van der Waals surface area (Å²) in [5, 5.41) is 3.41. The first-order valence-electron chi connectivity index (χ1n) is 19.6. The van der Waals surface area contributed by atoms with Gasteiger partial charge in [-0.2, -0.15) is 0 Å². The highest BCUT2D eigenvalue weighted by atomic mass is 35.5. The largest absolute Gasteiger partial charge is 0.465 e. The highest BCUT2D eigenvalue weighted by Gasteiger charge is 2.42. The van der Waals surface area contributed by atoms with Crippen molar-refractivity contribution in [2.45, 2.75) is 56.8 Å². The van der Waals surface area contributed by atoms with E-state index >= 15 is 0 Å². The first-order valence-corrected chi connectivity index (χ1v) is 22.3. The van der Waals surface area contributed by atoms with Crippen LogP contribution in [0.2, 0.25) is 5.02 Å². The van der Waals surface area contributed by atoms with E-state index in [9.17, 15) is 14.4 Å². The molecule has 2 atom stereocenters. The lowest BCUT2D eigenvalue weighted by molar-refractivity contribution is -0.154. The monoisotopic (exact) mass is 835 g/mol. The predicted octanol–water partition coefficient (Wildman–Crippen LogP) is 10.5. The van der Waals surface area contributed by atoms with E-state index in [0.29, 0.717) is 16.3 Å². The van der Waals surface area contributed by atoms with Gasteiger partial charge in [0.15, 0.2) is 5.60 Å². The van der Waals surface area contributed by atoms with Gasteiger partial charge in [0.2, 0.25) is 5.91 Å². The molecule has 58 heavy (non-hydrogen) atoms. The maximum Gasteiger partial charge on any atom is 0.309 e. The first kappa shape index (κ1) is 43.0. The minimum absolute atomic E-state index is 0.0152. The minimum Gasteiger partial charge on any atom is -0.465 e. The number of carbonyl (C=O) groups is 3. The summed E-state index contributed by atoms with van der Waals surface area (Å²) in [5.74, 6) is -1.33. The van der Waals surface area contributed by atoms with Gasteiger partial charge in [0.25, 0.3) is 0 Å². The molecule has 7 nitrogen and oxygen atoms in total. The zero-order valence-corrected chi connectivity index (χ0v) is 35.8. The molecule has 0 aromatic heterocycles. The van der Waals surface area contributed by atoms with Crippen LogP contribution in [0, 0.1) is 12.8 Å². The Kier molecular flexibility index (Phi) is 14.8. The molecule has 1 N–H and O–H groups in total. The summed E-state index contributed by atoms with van der Waals surface area (Å²) in [7, 11) is 3.24. The Balaban J connectivity index is 1.03. The SMILES string of the molecule is Cc1ccc(C(OC(=O)CCOCCNC(=O)[C@H](CSSC(C)(C)C)CC(=O)OCC2c3ccccc3-c3ccccc32)(c2ccccc2)c2ccccc2Cl)cc1. The van der Waals surface area contributed by atoms with Crippen LogP contribution in [0.1, 0.15) is 72.9 Å². The molecule has 6 rings (SSSR count). The summed E-state index contributed by atoms with van der Waals surface area (Å²) in [5.41, 5.74) is 6.53. The zero-order chi connectivity index (χ0) is 41.1. The summed E-state index contributed by atoms with van der Waals surface area (Å²) in [6.45, 7) is 9.01. The fourth-order valence-electron chi connectivity index (χ4n) is 7.12. The van der Waals surface area contributed by atoms with Crippen LogP contribution in [-0.4, -0.2) is 54.7 Å². The van der Waals surface area contributed by atoms with E-state index in [1.807, 2.05) is 104 Å². The molecule has 1 unspecified atom stereocenters. The molecule has 5 aromatic rings. The van der Waals surface area contributed by atoms with Crippen molar-refractivity contribution in [3.63, 3.8) is 0 Å². The number of nitrogens with one attached hydrogen (secondary N) is 1. The highest BCUT2D eigenvalue weighted by Crippen LogP contribution is 2.46. The van der Waals surface area contributed by atoms with Gasteiger partial charge < -0.3 is 19.5 Å². The number of esters is 2. The number of carbonyl (C=O) groups excluding carboxylic acids is 3. The average molecular weight is 837 g/mol. The molecule has 302 valence electrons. The van der Waals surface area contributed by atoms with E-state index in [-0.39, 0.29) is 55.8 Å². The van der Waals surface area contributed by atoms with Crippen LogP contribution in [-0.2, 0) is 34.2 Å². The van der Waals surface area contributed by atoms with Gasteiger partial charge in [-0.25, -0.2) is 0 Å². The number of hydrogen-bond acceptors (Lipinski definition) is 8. The number of ether oxygens (including phenoxy) is 3. The smallest absolute Gasteiger partial charge is 0.309 e. The van der Waals surface area contributed by atoms with Gasteiger partial charge in [0.05, 0.1) is 32.0 Å². The molecule has 0 aliphatic heterocycles. The number of benzene rings is 5. The highest BCUT2D eigenvalue weighted by molar-refractivity contribution is 8.77. The zero-order valence-electron chi connectivity index (χ0n) is 33.4. The fourth-order valence-corrected chi connectivity index (χ4v) is 10.0. The topological polar surface area (TPSA) is 90.9 Å². The van der Waals surface area contributed by atoms with Gasteiger partial charge in [-0.3, -0.25) is 14.4 Å². The van der Waals surface area contributed by atoms with Crippen molar-refractivity contribution in [2.24, 2.45) is 5.92 Å².